The first-order valence-electron chi connectivity index (χ1n) is 11.5. The van der Waals surface area contributed by atoms with Gasteiger partial charge in [-0.3, -0.25) is 4.79 Å². The predicted octanol–water partition coefficient (Wildman–Crippen LogP) is 4.52. The lowest BCUT2D eigenvalue weighted by atomic mass is 10.0. The highest BCUT2D eigenvalue weighted by Crippen LogP contribution is 2.24. The molecule has 0 aliphatic rings. The fourth-order valence-corrected chi connectivity index (χ4v) is 5.34. The Morgan fingerprint density at radius 3 is 2.03 bits per heavy atom. The quantitative estimate of drug-likeness (QED) is 0.409. The molecule has 0 aromatic heterocycles. The maximum atomic E-state index is 13.0. The molecule has 196 valence electrons. The standard InChI is InChI=1S/C27H29ClN2O6S/c1-18(30(27(33)34)17-25(31)21-5-4-6-22(28)16-21)15-19-7-11-23(12-8-19)37(35,36)24-13-9-20(10-14-24)26(32)29(2)3/h4-14,16,18,25,31H,15,17H2,1-3H3,(H,33,34)/t18-,25+/m1/s1. The minimum Gasteiger partial charge on any atom is -0.465 e. The molecule has 3 aromatic carbocycles. The van der Waals surface area contributed by atoms with Gasteiger partial charge in [-0.2, -0.15) is 0 Å². The van der Waals surface area contributed by atoms with Crippen LogP contribution >= 0.6 is 11.6 Å². The molecule has 0 aliphatic carbocycles. The Hall–Kier alpha value is -3.40. The summed E-state index contributed by atoms with van der Waals surface area (Å²) < 4.78 is 26.1. The minimum absolute atomic E-state index is 0.0657. The van der Waals surface area contributed by atoms with E-state index in [4.69, 9.17) is 11.6 Å². The number of sulfone groups is 1. The third kappa shape index (κ3) is 6.88. The highest BCUT2D eigenvalue weighted by molar-refractivity contribution is 7.91. The van der Waals surface area contributed by atoms with Crippen LogP contribution in [0.2, 0.25) is 5.02 Å². The minimum atomic E-state index is -3.80. The Labute approximate surface area is 221 Å². The molecule has 3 rings (SSSR count). The Bertz CT molecular complexity index is 1360. The van der Waals surface area contributed by atoms with E-state index in [9.17, 15) is 28.2 Å². The van der Waals surface area contributed by atoms with Gasteiger partial charge in [-0.25, -0.2) is 13.2 Å². The van der Waals surface area contributed by atoms with E-state index < -0.39 is 28.1 Å². The third-order valence-electron chi connectivity index (χ3n) is 5.96. The summed E-state index contributed by atoms with van der Waals surface area (Å²) in [5.41, 5.74) is 1.64. The second-order valence-electron chi connectivity index (χ2n) is 8.93. The number of hydrogen-bond donors (Lipinski definition) is 2. The van der Waals surface area contributed by atoms with Crippen molar-refractivity contribution < 1.29 is 28.2 Å². The summed E-state index contributed by atoms with van der Waals surface area (Å²) in [6, 6.07) is 18.1. The van der Waals surface area contributed by atoms with Gasteiger partial charge >= 0.3 is 6.09 Å². The van der Waals surface area contributed by atoms with Gasteiger partial charge in [0.05, 0.1) is 22.4 Å². The highest BCUT2D eigenvalue weighted by Gasteiger charge is 2.24. The van der Waals surface area contributed by atoms with Crippen molar-refractivity contribution in [3.05, 3.63) is 94.5 Å². The molecular weight excluding hydrogens is 516 g/mol. The summed E-state index contributed by atoms with van der Waals surface area (Å²) in [5, 5.41) is 20.7. The summed E-state index contributed by atoms with van der Waals surface area (Å²) >= 11 is 5.97. The van der Waals surface area contributed by atoms with Gasteiger partial charge in [0.2, 0.25) is 9.84 Å². The Balaban J connectivity index is 1.72. The molecule has 10 heteroatoms. The van der Waals surface area contributed by atoms with Crippen LogP contribution < -0.4 is 0 Å². The highest BCUT2D eigenvalue weighted by atomic mass is 35.5. The maximum Gasteiger partial charge on any atom is 0.407 e. The van der Waals surface area contributed by atoms with E-state index in [1.54, 1.807) is 57.4 Å². The Kier molecular flexibility index (Phi) is 8.96. The zero-order valence-electron chi connectivity index (χ0n) is 20.7. The fourth-order valence-electron chi connectivity index (χ4n) is 3.88. The topological polar surface area (TPSA) is 115 Å². The molecule has 2 N–H and O–H groups in total. The SMILES string of the molecule is C[C@H](Cc1ccc(S(=O)(=O)c2ccc(C(=O)N(C)C)cc2)cc1)N(C[C@H](O)c1cccc(Cl)c1)C(=O)O. The number of nitrogens with zero attached hydrogens (tertiary/aromatic N) is 2. The molecule has 0 aliphatic heterocycles. The molecule has 37 heavy (non-hydrogen) atoms. The largest absolute Gasteiger partial charge is 0.465 e. The van der Waals surface area contributed by atoms with Crippen LogP contribution in [0.4, 0.5) is 4.79 Å². The van der Waals surface area contributed by atoms with E-state index in [1.807, 2.05) is 0 Å². The smallest absolute Gasteiger partial charge is 0.407 e. The molecule has 0 radical (unpaired) electrons. The van der Waals surface area contributed by atoms with Crippen molar-refractivity contribution in [3.8, 4) is 0 Å². The third-order valence-corrected chi connectivity index (χ3v) is 7.98. The lowest BCUT2D eigenvalue weighted by Crippen LogP contribution is -2.41. The molecule has 2 amide bonds. The van der Waals surface area contributed by atoms with E-state index in [0.29, 0.717) is 22.6 Å². The van der Waals surface area contributed by atoms with Gasteiger partial charge in [-0.15, -0.1) is 0 Å². The molecule has 2 atom stereocenters. The molecule has 0 heterocycles. The van der Waals surface area contributed by atoms with E-state index in [1.165, 1.54) is 41.3 Å². The van der Waals surface area contributed by atoms with Crippen LogP contribution in [0.1, 0.15) is 34.5 Å². The molecule has 0 bridgehead atoms. The average Bonchev–Trinajstić information content (AvgIpc) is 2.86. The number of carbonyl (C=O) groups is 2. The lowest BCUT2D eigenvalue weighted by Gasteiger charge is -2.29. The predicted molar refractivity (Wildman–Crippen MR) is 141 cm³/mol. The Morgan fingerprint density at radius 2 is 1.51 bits per heavy atom. The number of benzene rings is 3. The van der Waals surface area contributed by atoms with Crippen molar-refractivity contribution in [1.82, 2.24) is 9.80 Å². The number of halogens is 1. The number of hydrogen-bond acceptors (Lipinski definition) is 5. The molecule has 3 aromatic rings. The summed E-state index contributed by atoms with van der Waals surface area (Å²) in [6.07, 6.45) is -1.91. The van der Waals surface area contributed by atoms with Crippen LogP contribution in [-0.4, -0.2) is 67.1 Å². The normalized spacial score (nSPS) is 13.0. The fraction of sp³-hybridized carbons (Fsp3) is 0.259. The van der Waals surface area contributed by atoms with Gasteiger partial charge < -0.3 is 20.0 Å². The van der Waals surface area contributed by atoms with E-state index in [2.05, 4.69) is 0 Å². The van der Waals surface area contributed by atoms with E-state index in [-0.39, 0.29) is 22.2 Å². The van der Waals surface area contributed by atoms with Gasteiger partial charge in [0, 0.05) is 30.7 Å². The molecule has 0 saturated heterocycles. The zero-order valence-corrected chi connectivity index (χ0v) is 22.3. The van der Waals surface area contributed by atoms with Gasteiger partial charge in [0.25, 0.3) is 5.91 Å². The first-order valence-corrected chi connectivity index (χ1v) is 13.3. The van der Waals surface area contributed by atoms with Gasteiger partial charge in [-0.1, -0.05) is 35.9 Å². The van der Waals surface area contributed by atoms with Crippen molar-refractivity contribution >= 4 is 33.4 Å². The van der Waals surface area contributed by atoms with Crippen LogP contribution in [0.15, 0.2) is 82.6 Å². The molecule has 0 saturated carbocycles. The maximum absolute atomic E-state index is 13.0. The second-order valence-corrected chi connectivity index (χ2v) is 11.3. The van der Waals surface area contributed by atoms with Crippen molar-refractivity contribution in [2.75, 3.05) is 20.6 Å². The summed E-state index contributed by atoms with van der Waals surface area (Å²) in [4.78, 5) is 26.7. The van der Waals surface area contributed by atoms with Crippen LogP contribution in [0.25, 0.3) is 0 Å². The van der Waals surface area contributed by atoms with Crippen LogP contribution in [0.3, 0.4) is 0 Å². The van der Waals surface area contributed by atoms with E-state index in [0.717, 1.165) is 10.5 Å². The Morgan fingerprint density at radius 1 is 0.946 bits per heavy atom. The monoisotopic (exact) mass is 544 g/mol. The molecule has 0 fully saturated rings. The molecule has 0 spiro atoms. The number of carboxylic acid groups (broad SMARTS) is 1. The first-order chi connectivity index (χ1) is 17.4. The average molecular weight is 545 g/mol. The number of rotatable bonds is 9. The molecule has 0 unspecified atom stereocenters. The second kappa shape index (κ2) is 11.8. The molecule has 8 nitrogen and oxygen atoms in total. The van der Waals surface area contributed by atoms with Gasteiger partial charge in [0.15, 0.2) is 0 Å². The number of carbonyl (C=O) groups excluding carboxylic acids is 1. The van der Waals surface area contributed by atoms with Crippen LogP contribution in [-0.2, 0) is 16.3 Å². The van der Waals surface area contributed by atoms with Crippen LogP contribution in [0.5, 0.6) is 0 Å². The van der Waals surface area contributed by atoms with Crippen molar-refractivity contribution in [1.29, 1.82) is 0 Å². The number of amides is 2. The first kappa shape index (κ1) is 28.2. The summed E-state index contributed by atoms with van der Waals surface area (Å²) in [6.45, 7) is 1.58. The zero-order chi connectivity index (χ0) is 27.3. The molecular formula is C27H29ClN2O6S. The number of aliphatic hydroxyl groups is 1. The van der Waals surface area contributed by atoms with E-state index >= 15 is 0 Å². The van der Waals surface area contributed by atoms with Crippen molar-refractivity contribution in [2.45, 2.75) is 35.3 Å². The van der Waals surface area contributed by atoms with Gasteiger partial charge in [-0.05, 0) is 73.0 Å². The lowest BCUT2D eigenvalue weighted by molar-refractivity contribution is 0.0799. The number of aliphatic hydroxyl groups excluding tert-OH is 1. The van der Waals surface area contributed by atoms with Gasteiger partial charge in [0.1, 0.15) is 0 Å². The van der Waals surface area contributed by atoms with Crippen LogP contribution in [0, 0.1) is 0 Å². The van der Waals surface area contributed by atoms with Crippen molar-refractivity contribution in [2.24, 2.45) is 0 Å². The summed E-state index contributed by atoms with van der Waals surface area (Å²) in [5.74, 6) is -0.224. The van der Waals surface area contributed by atoms with Crippen molar-refractivity contribution in [3.63, 3.8) is 0 Å². The summed E-state index contributed by atoms with van der Waals surface area (Å²) in [7, 11) is -0.565.